The maximum Gasteiger partial charge on any atom is 0.315 e. The number of aromatic nitrogens is 2. The number of urea groups is 1. The molecule has 0 spiro atoms. The van der Waals surface area contributed by atoms with E-state index in [4.69, 9.17) is 0 Å². The van der Waals surface area contributed by atoms with Gasteiger partial charge in [-0.25, -0.2) is 17.5 Å². The minimum Gasteiger partial charge on any atom is -0.338 e. The van der Waals surface area contributed by atoms with Crippen molar-refractivity contribution in [3.63, 3.8) is 0 Å². The summed E-state index contributed by atoms with van der Waals surface area (Å²) in [4.78, 5) is 12.1. The summed E-state index contributed by atoms with van der Waals surface area (Å²) in [5.41, 5.74) is 2.15. The van der Waals surface area contributed by atoms with Gasteiger partial charge in [0.1, 0.15) is 0 Å². The van der Waals surface area contributed by atoms with Crippen LogP contribution in [0.5, 0.6) is 0 Å². The average molecular weight is 406 g/mol. The summed E-state index contributed by atoms with van der Waals surface area (Å²) in [6.07, 6.45) is 6.44. The molecule has 2 heterocycles. The van der Waals surface area contributed by atoms with Gasteiger partial charge < -0.3 is 10.6 Å². The van der Waals surface area contributed by atoms with Crippen molar-refractivity contribution in [1.29, 1.82) is 0 Å². The summed E-state index contributed by atoms with van der Waals surface area (Å²) in [6.45, 7) is 2.75. The normalized spacial score (nSPS) is 16.0. The molecule has 1 aliphatic rings. The highest BCUT2D eigenvalue weighted by molar-refractivity contribution is 7.88. The van der Waals surface area contributed by atoms with Gasteiger partial charge in [-0.1, -0.05) is 24.3 Å². The maximum absolute atomic E-state index is 12.1. The number of hydrogen-bond acceptors (Lipinski definition) is 4. The van der Waals surface area contributed by atoms with Gasteiger partial charge in [-0.3, -0.25) is 4.68 Å². The lowest BCUT2D eigenvalue weighted by Crippen LogP contribution is -2.43. The van der Waals surface area contributed by atoms with Gasteiger partial charge in [0, 0.05) is 38.6 Å². The van der Waals surface area contributed by atoms with Crippen LogP contribution in [0.3, 0.4) is 0 Å². The first-order valence-corrected chi connectivity index (χ1v) is 11.3. The van der Waals surface area contributed by atoms with Gasteiger partial charge in [-0.05, 0) is 36.0 Å². The van der Waals surface area contributed by atoms with Crippen molar-refractivity contribution < 1.29 is 13.2 Å². The van der Waals surface area contributed by atoms with E-state index in [-0.39, 0.29) is 6.03 Å². The minimum absolute atomic E-state index is 0.206. The number of piperidine rings is 1. The number of carbonyl (C=O) groups excluding carboxylic acids is 1. The summed E-state index contributed by atoms with van der Waals surface area (Å²) in [5.74, 6) is 0.307. The molecule has 1 aromatic carbocycles. The second kappa shape index (κ2) is 9.20. The number of rotatable bonds is 7. The molecule has 8 nitrogen and oxygen atoms in total. The number of amides is 2. The highest BCUT2D eigenvalue weighted by atomic mass is 32.2. The van der Waals surface area contributed by atoms with E-state index in [2.05, 4.69) is 21.8 Å². The Morgan fingerprint density at radius 3 is 2.61 bits per heavy atom. The zero-order valence-corrected chi connectivity index (χ0v) is 16.9. The number of nitrogens with one attached hydrogen (secondary N) is 2. The molecule has 1 saturated heterocycles. The quantitative estimate of drug-likeness (QED) is 0.728. The van der Waals surface area contributed by atoms with E-state index >= 15 is 0 Å². The molecule has 0 unspecified atom stereocenters. The third kappa shape index (κ3) is 6.07. The van der Waals surface area contributed by atoms with Gasteiger partial charge in [0.05, 0.1) is 12.8 Å². The van der Waals surface area contributed by atoms with Crippen molar-refractivity contribution in [2.24, 2.45) is 5.92 Å². The Hall–Kier alpha value is -2.39. The first-order chi connectivity index (χ1) is 13.4. The molecule has 2 aromatic rings. The second-order valence-electron chi connectivity index (χ2n) is 7.19. The van der Waals surface area contributed by atoms with Crippen molar-refractivity contribution in [1.82, 2.24) is 24.7 Å². The SMILES string of the molecule is CS(=O)(=O)N1CCC(CNC(=O)NCc2cccc(Cn3cccn3)c2)CC1. The van der Waals surface area contributed by atoms with Gasteiger partial charge in [-0.2, -0.15) is 5.10 Å². The predicted octanol–water partition coefficient (Wildman–Crippen LogP) is 1.40. The fourth-order valence-corrected chi connectivity index (χ4v) is 4.22. The van der Waals surface area contributed by atoms with Crippen LogP contribution in [0.1, 0.15) is 24.0 Å². The van der Waals surface area contributed by atoms with Crippen LogP contribution in [0.15, 0.2) is 42.7 Å². The smallest absolute Gasteiger partial charge is 0.315 e. The predicted molar refractivity (Wildman–Crippen MR) is 107 cm³/mol. The van der Waals surface area contributed by atoms with Crippen LogP contribution in [-0.4, -0.2) is 54.4 Å². The van der Waals surface area contributed by atoms with Crippen LogP contribution in [0.25, 0.3) is 0 Å². The Morgan fingerprint density at radius 2 is 1.93 bits per heavy atom. The number of sulfonamides is 1. The molecule has 0 radical (unpaired) electrons. The van der Waals surface area contributed by atoms with Crippen molar-refractivity contribution in [2.45, 2.75) is 25.9 Å². The largest absolute Gasteiger partial charge is 0.338 e. The molecule has 9 heteroatoms. The lowest BCUT2D eigenvalue weighted by atomic mass is 9.98. The summed E-state index contributed by atoms with van der Waals surface area (Å²) >= 11 is 0. The summed E-state index contributed by atoms with van der Waals surface area (Å²) in [7, 11) is -3.11. The van der Waals surface area contributed by atoms with E-state index in [1.54, 1.807) is 6.20 Å². The molecular formula is C19H27N5O3S. The fourth-order valence-electron chi connectivity index (χ4n) is 3.35. The lowest BCUT2D eigenvalue weighted by molar-refractivity contribution is 0.231. The van der Waals surface area contributed by atoms with E-state index in [0.29, 0.717) is 38.6 Å². The maximum atomic E-state index is 12.1. The third-order valence-electron chi connectivity index (χ3n) is 4.94. The zero-order chi connectivity index (χ0) is 20.0. The molecule has 1 aromatic heterocycles. The van der Waals surface area contributed by atoms with Crippen molar-refractivity contribution >= 4 is 16.1 Å². The third-order valence-corrected chi connectivity index (χ3v) is 6.25. The molecule has 0 atom stereocenters. The molecule has 0 aliphatic carbocycles. The van der Waals surface area contributed by atoms with Crippen LogP contribution in [0.2, 0.25) is 0 Å². The van der Waals surface area contributed by atoms with Gasteiger partial charge >= 0.3 is 6.03 Å². The average Bonchev–Trinajstić information content (AvgIpc) is 3.18. The topological polar surface area (TPSA) is 96.3 Å². The van der Waals surface area contributed by atoms with E-state index < -0.39 is 10.0 Å². The van der Waals surface area contributed by atoms with Crippen molar-refractivity contribution in [2.75, 3.05) is 25.9 Å². The Balaban J connectivity index is 1.39. The Labute approximate surface area is 166 Å². The van der Waals surface area contributed by atoms with Crippen LogP contribution < -0.4 is 10.6 Å². The first-order valence-electron chi connectivity index (χ1n) is 9.42. The molecule has 28 heavy (non-hydrogen) atoms. The van der Waals surface area contributed by atoms with E-state index in [1.807, 2.05) is 35.1 Å². The van der Waals surface area contributed by atoms with Gasteiger partial charge in [0.2, 0.25) is 10.0 Å². The van der Waals surface area contributed by atoms with Gasteiger partial charge in [0.25, 0.3) is 0 Å². The molecule has 152 valence electrons. The standard InChI is InChI=1S/C19H27N5O3S/c1-28(26,27)24-10-6-16(7-11-24)13-20-19(25)21-14-17-4-2-5-18(12-17)15-23-9-3-8-22-23/h2-5,8-9,12,16H,6-7,10-11,13-15H2,1H3,(H2,20,21,25). The summed E-state index contributed by atoms with van der Waals surface area (Å²) < 4.78 is 26.4. The first kappa shape index (κ1) is 20.3. The summed E-state index contributed by atoms with van der Waals surface area (Å²) in [5, 5.41) is 9.98. The van der Waals surface area contributed by atoms with Crippen LogP contribution in [0.4, 0.5) is 4.79 Å². The van der Waals surface area contributed by atoms with Crippen molar-refractivity contribution in [3.05, 3.63) is 53.9 Å². The fraction of sp³-hybridized carbons (Fsp3) is 0.474. The number of hydrogen-bond donors (Lipinski definition) is 2. The minimum atomic E-state index is -3.11. The Bertz CT molecular complexity index is 875. The zero-order valence-electron chi connectivity index (χ0n) is 16.0. The second-order valence-corrected chi connectivity index (χ2v) is 9.18. The van der Waals surface area contributed by atoms with Crippen LogP contribution >= 0.6 is 0 Å². The van der Waals surface area contributed by atoms with E-state index in [9.17, 15) is 13.2 Å². The van der Waals surface area contributed by atoms with Crippen LogP contribution in [-0.2, 0) is 23.1 Å². The molecule has 3 rings (SSSR count). The van der Waals surface area contributed by atoms with Crippen LogP contribution in [0, 0.1) is 5.92 Å². The Kier molecular flexibility index (Phi) is 6.69. The van der Waals surface area contributed by atoms with Gasteiger partial charge in [-0.15, -0.1) is 0 Å². The molecule has 0 bridgehead atoms. The van der Waals surface area contributed by atoms with E-state index in [0.717, 1.165) is 24.0 Å². The van der Waals surface area contributed by atoms with Crippen molar-refractivity contribution in [3.8, 4) is 0 Å². The monoisotopic (exact) mass is 405 g/mol. The highest BCUT2D eigenvalue weighted by Crippen LogP contribution is 2.18. The van der Waals surface area contributed by atoms with E-state index in [1.165, 1.54) is 10.6 Å². The Morgan fingerprint density at radius 1 is 1.18 bits per heavy atom. The molecule has 1 aliphatic heterocycles. The molecule has 0 saturated carbocycles. The molecule has 1 fully saturated rings. The lowest BCUT2D eigenvalue weighted by Gasteiger charge is -2.30. The number of carbonyl (C=O) groups is 1. The molecule has 2 N–H and O–H groups in total. The number of benzene rings is 1. The molecule has 2 amide bonds. The van der Waals surface area contributed by atoms with Gasteiger partial charge in [0.15, 0.2) is 0 Å². The molecular weight excluding hydrogens is 378 g/mol. The number of nitrogens with zero attached hydrogens (tertiary/aromatic N) is 3. The summed E-state index contributed by atoms with van der Waals surface area (Å²) in [6, 6.07) is 9.73. The highest BCUT2D eigenvalue weighted by Gasteiger charge is 2.24.